The molecule has 0 radical (unpaired) electrons. The van der Waals surface area contributed by atoms with Crippen LogP contribution in [0.2, 0.25) is 0 Å². The van der Waals surface area contributed by atoms with Crippen LogP contribution in [0.3, 0.4) is 0 Å². The highest BCUT2D eigenvalue weighted by Crippen LogP contribution is 2.32. The van der Waals surface area contributed by atoms with Crippen LogP contribution in [0.15, 0.2) is 22.7 Å². The summed E-state index contributed by atoms with van der Waals surface area (Å²) < 4.78 is 11.3. The summed E-state index contributed by atoms with van der Waals surface area (Å²) in [4.78, 5) is 19.0. The molecule has 1 amide bonds. The van der Waals surface area contributed by atoms with Gasteiger partial charge in [0.1, 0.15) is 5.75 Å². The quantitative estimate of drug-likeness (QED) is 0.403. The van der Waals surface area contributed by atoms with E-state index < -0.39 is 6.10 Å². The molecule has 3 N–H and O–H groups in total. The number of hydrogen-bond donors (Lipinski definition) is 3. The first-order valence-electron chi connectivity index (χ1n) is 12.4. The van der Waals surface area contributed by atoms with Gasteiger partial charge in [0.15, 0.2) is 0 Å². The highest BCUT2D eigenvalue weighted by Gasteiger charge is 2.26. The van der Waals surface area contributed by atoms with Crippen molar-refractivity contribution in [2.24, 2.45) is 11.8 Å². The summed E-state index contributed by atoms with van der Waals surface area (Å²) in [7, 11) is 0. The molecule has 1 saturated carbocycles. The molecule has 9 heteroatoms. The third-order valence-corrected chi connectivity index (χ3v) is 6.69. The Labute approximate surface area is 200 Å². The van der Waals surface area contributed by atoms with Gasteiger partial charge in [-0.1, -0.05) is 0 Å². The number of piperidine rings is 1. The van der Waals surface area contributed by atoms with Crippen LogP contribution in [0.25, 0.3) is 0 Å². The van der Waals surface area contributed by atoms with E-state index >= 15 is 0 Å². The fourth-order valence-corrected chi connectivity index (χ4v) is 4.36. The molecular weight excluding hydrogens is 436 g/mol. The normalized spacial score (nSPS) is 17.6. The van der Waals surface area contributed by atoms with E-state index in [-0.39, 0.29) is 19.1 Å². The number of nitrogens with zero attached hydrogens (tertiary/aromatic N) is 3. The fraction of sp³-hybridized carbons (Fsp3) is 0.640. The highest BCUT2D eigenvalue weighted by atomic mass is 16.5. The maximum Gasteiger partial charge on any atom is 0.266 e. The number of ether oxygens (including phenoxy) is 1. The van der Waals surface area contributed by atoms with Gasteiger partial charge in [-0.15, -0.1) is 0 Å². The zero-order chi connectivity index (χ0) is 23.9. The van der Waals surface area contributed by atoms with Crippen LogP contribution in [-0.2, 0) is 6.42 Å². The summed E-state index contributed by atoms with van der Waals surface area (Å²) in [6.07, 6.45) is 6.90. The lowest BCUT2D eigenvalue weighted by atomic mass is 9.92. The van der Waals surface area contributed by atoms with Gasteiger partial charge in [-0.05, 0) is 86.2 Å². The Kier molecular flexibility index (Phi) is 8.39. The Morgan fingerprint density at radius 1 is 1.26 bits per heavy atom. The third kappa shape index (κ3) is 6.93. The molecule has 1 aromatic carbocycles. The van der Waals surface area contributed by atoms with Crippen molar-refractivity contribution in [3.8, 4) is 5.75 Å². The number of carbonyl (C=O) groups is 1. The van der Waals surface area contributed by atoms with Gasteiger partial charge in [-0.3, -0.25) is 4.79 Å². The molecule has 1 saturated heterocycles. The van der Waals surface area contributed by atoms with Crippen LogP contribution in [0.4, 0.5) is 5.95 Å². The molecule has 1 atom stereocenters. The van der Waals surface area contributed by atoms with E-state index in [1.807, 2.05) is 13.0 Å². The van der Waals surface area contributed by atoms with Gasteiger partial charge in [0, 0.05) is 31.6 Å². The minimum absolute atomic E-state index is 0.0164. The van der Waals surface area contributed by atoms with E-state index in [2.05, 4.69) is 20.4 Å². The number of carbonyl (C=O) groups excluding carboxylic acids is 1. The van der Waals surface area contributed by atoms with Crippen LogP contribution in [0.5, 0.6) is 5.75 Å². The van der Waals surface area contributed by atoms with E-state index in [0.717, 1.165) is 74.3 Å². The molecule has 9 nitrogen and oxygen atoms in total. The van der Waals surface area contributed by atoms with E-state index in [9.17, 15) is 9.90 Å². The summed E-state index contributed by atoms with van der Waals surface area (Å²) in [6.45, 7) is 4.06. The number of aliphatic hydroxyl groups excluding tert-OH is 2. The summed E-state index contributed by atoms with van der Waals surface area (Å²) in [5.41, 5.74) is 1.34. The number of aromatic nitrogens is 2. The first kappa shape index (κ1) is 24.5. The van der Waals surface area contributed by atoms with Crippen molar-refractivity contribution in [1.29, 1.82) is 0 Å². The highest BCUT2D eigenvalue weighted by molar-refractivity contribution is 5.95. The summed E-state index contributed by atoms with van der Waals surface area (Å²) in [5.74, 6) is 3.43. The zero-order valence-electron chi connectivity index (χ0n) is 19.9. The van der Waals surface area contributed by atoms with Gasteiger partial charge in [0.25, 0.3) is 11.9 Å². The summed E-state index contributed by atoms with van der Waals surface area (Å²) >= 11 is 0. The largest absolute Gasteiger partial charge is 0.494 e. The van der Waals surface area contributed by atoms with Crippen molar-refractivity contribution < 1.29 is 24.3 Å². The van der Waals surface area contributed by atoms with Gasteiger partial charge >= 0.3 is 0 Å². The van der Waals surface area contributed by atoms with Crippen LogP contribution >= 0.6 is 0 Å². The average molecular weight is 473 g/mol. The van der Waals surface area contributed by atoms with Crippen molar-refractivity contribution in [3.05, 3.63) is 35.2 Å². The molecule has 1 aliphatic carbocycles. The lowest BCUT2D eigenvalue weighted by Gasteiger charge is -2.30. The first-order valence-corrected chi connectivity index (χ1v) is 12.4. The lowest BCUT2D eigenvalue weighted by molar-refractivity contribution is 0.0801. The Hall–Kier alpha value is -2.65. The van der Waals surface area contributed by atoms with Gasteiger partial charge < -0.3 is 29.7 Å². The van der Waals surface area contributed by atoms with Crippen molar-refractivity contribution >= 4 is 11.9 Å². The Morgan fingerprint density at radius 2 is 2.06 bits per heavy atom. The maximum atomic E-state index is 12.2. The predicted molar refractivity (Wildman–Crippen MR) is 127 cm³/mol. The van der Waals surface area contributed by atoms with Crippen LogP contribution in [0.1, 0.15) is 60.3 Å². The number of aryl methyl sites for hydroxylation is 1. The molecule has 2 heterocycles. The Bertz CT molecular complexity index is 937. The molecule has 0 unspecified atom stereocenters. The van der Waals surface area contributed by atoms with Gasteiger partial charge in [-0.2, -0.15) is 4.98 Å². The van der Waals surface area contributed by atoms with E-state index in [1.165, 1.54) is 12.8 Å². The SMILES string of the molecule is Cc1cc(OCCCC2CCN(c3noc(CC4CC4)n3)CC2)ccc1C(=O)NC[C@H](O)CO. The summed E-state index contributed by atoms with van der Waals surface area (Å²) in [6, 6.07) is 5.39. The van der Waals surface area contributed by atoms with E-state index in [0.29, 0.717) is 18.1 Å². The number of rotatable bonds is 12. The minimum Gasteiger partial charge on any atom is -0.494 e. The van der Waals surface area contributed by atoms with Crippen LogP contribution in [-0.4, -0.2) is 65.2 Å². The number of amides is 1. The average Bonchev–Trinajstić information content (AvgIpc) is 3.54. The number of benzene rings is 1. The molecule has 34 heavy (non-hydrogen) atoms. The van der Waals surface area contributed by atoms with Crippen LogP contribution < -0.4 is 15.0 Å². The molecule has 0 spiro atoms. The van der Waals surface area contributed by atoms with E-state index in [1.54, 1.807) is 12.1 Å². The number of hydrogen-bond acceptors (Lipinski definition) is 8. The van der Waals surface area contributed by atoms with Gasteiger partial charge in [-0.25, -0.2) is 0 Å². The van der Waals surface area contributed by atoms with Crippen molar-refractivity contribution in [2.45, 2.75) is 58.0 Å². The molecular formula is C25H36N4O5. The lowest BCUT2D eigenvalue weighted by Crippen LogP contribution is -2.34. The zero-order valence-corrected chi connectivity index (χ0v) is 19.9. The minimum atomic E-state index is -0.956. The van der Waals surface area contributed by atoms with Gasteiger partial charge in [0.2, 0.25) is 5.89 Å². The predicted octanol–water partition coefficient (Wildman–Crippen LogP) is 2.49. The summed E-state index contributed by atoms with van der Waals surface area (Å²) in [5, 5.41) is 25.0. The molecule has 1 aromatic heterocycles. The number of nitrogens with one attached hydrogen (secondary N) is 1. The molecule has 2 aliphatic rings. The molecule has 4 rings (SSSR count). The smallest absolute Gasteiger partial charge is 0.266 e. The second kappa shape index (κ2) is 11.7. The maximum absolute atomic E-state index is 12.2. The molecule has 2 fully saturated rings. The molecule has 186 valence electrons. The second-order valence-electron chi connectivity index (χ2n) is 9.58. The molecule has 1 aliphatic heterocycles. The van der Waals surface area contributed by atoms with Crippen molar-refractivity contribution in [1.82, 2.24) is 15.5 Å². The number of aliphatic hydroxyl groups is 2. The topological polar surface area (TPSA) is 121 Å². The standard InChI is InChI=1S/C25H36N4O5/c1-17-13-21(6-7-22(17)24(32)26-15-20(31)16-30)33-12-2-3-18-8-10-29(11-9-18)25-27-23(34-28-25)14-19-4-5-19/h6-7,13,18-20,30-31H,2-5,8-12,14-16H2,1H3,(H,26,32)/t20-/m0/s1. The fourth-order valence-electron chi connectivity index (χ4n) is 4.36. The molecule has 0 bridgehead atoms. The first-order chi connectivity index (χ1) is 16.5. The monoisotopic (exact) mass is 472 g/mol. The van der Waals surface area contributed by atoms with Gasteiger partial charge in [0.05, 0.1) is 19.3 Å². The van der Waals surface area contributed by atoms with E-state index in [4.69, 9.17) is 14.4 Å². The van der Waals surface area contributed by atoms with Crippen LogP contribution in [0, 0.1) is 18.8 Å². The third-order valence-electron chi connectivity index (χ3n) is 6.69. The Morgan fingerprint density at radius 3 is 2.76 bits per heavy atom. The number of anilines is 1. The second-order valence-corrected chi connectivity index (χ2v) is 9.58. The molecule has 2 aromatic rings. The van der Waals surface area contributed by atoms with Crippen molar-refractivity contribution in [3.63, 3.8) is 0 Å². The van der Waals surface area contributed by atoms with Crippen molar-refractivity contribution in [2.75, 3.05) is 37.7 Å². The Balaban J connectivity index is 1.13.